The van der Waals surface area contributed by atoms with Crippen LogP contribution >= 0.6 is 0 Å². The zero-order chi connectivity index (χ0) is 56.2. The maximum absolute atomic E-state index is 14.6. The molecule has 0 radical (unpaired) electrons. The highest BCUT2D eigenvalue weighted by atomic mass is 16.7. The molecule has 4 fully saturated rings. The van der Waals surface area contributed by atoms with E-state index >= 15 is 0 Å². The summed E-state index contributed by atoms with van der Waals surface area (Å²) in [6.45, 7) is 10.8. The number of fused-ring (bicyclic) bond motifs is 3. The van der Waals surface area contributed by atoms with E-state index in [1.165, 1.54) is 14.2 Å². The zero-order valence-corrected chi connectivity index (χ0v) is 46.4. The van der Waals surface area contributed by atoms with E-state index in [-0.39, 0.29) is 49.0 Å². The van der Waals surface area contributed by atoms with Gasteiger partial charge in [-0.3, -0.25) is 19.2 Å². The van der Waals surface area contributed by atoms with Gasteiger partial charge in [-0.05, 0) is 107 Å². The molecular formula is C57H89NO18. The van der Waals surface area contributed by atoms with E-state index < -0.39 is 139 Å². The van der Waals surface area contributed by atoms with E-state index in [2.05, 4.69) is 0 Å². The molecule has 2 bridgehead atoms. The summed E-state index contributed by atoms with van der Waals surface area (Å²) in [5.41, 5.74) is 1.09. The van der Waals surface area contributed by atoms with Crippen molar-refractivity contribution in [1.82, 2.24) is 4.90 Å². The SMILES string of the molecule is CO[C@H]1C[C@@H]2CC[C@@H](C)[C@@](O)(O2)C(=O)C(=O)N2CCCCC2C(=O)O[C@H]([C@H](C)CC2CC[C@@H](O)[C@H](OC)C2)CC(=O)[C@H](C)/C=C(\C)[C@@H](OC2(CO)OC[C@@H](O)[C@H](O)[C@H]2O)[C@@H](OC)C(=O)[C@H](C)C[C@H](C)\C=C/C=C/C=C/1C. The highest BCUT2D eigenvalue weighted by Crippen LogP contribution is 2.39. The number of ketones is 3. The fraction of sp³-hybridized carbons (Fsp3) is 0.772. The Morgan fingerprint density at radius 2 is 1.54 bits per heavy atom. The summed E-state index contributed by atoms with van der Waals surface area (Å²) in [5.74, 6) is -11.5. The van der Waals surface area contributed by atoms with Crippen LogP contribution in [0.2, 0.25) is 0 Å². The fourth-order valence-corrected chi connectivity index (χ4v) is 11.6. The number of ether oxygens (including phenoxy) is 7. The first-order chi connectivity index (χ1) is 35.9. The molecule has 3 saturated heterocycles. The van der Waals surface area contributed by atoms with Crippen molar-refractivity contribution in [3.63, 3.8) is 0 Å². The van der Waals surface area contributed by atoms with E-state index in [1.54, 1.807) is 40.9 Å². The third-order valence-electron chi connectivity index (χ3n) is 16.7. The van der Waals surface area contributed by atoms with Gasteiger partial charge in [-0.25, -0.2) is 4.79 Å². The third-order valence-corrected chi connectivity index (χ3v) is 16.7. The van der Waals surface area contributed by atoms with E-state index in [0.29, 0.717) is 57.8 Å². The number of rotatable bonds is 9. The van der Waals surface area contributed by atoms with Gasteiger partial charge in [-0.2, -0.15) is 0 Å². The number of carbonyl (C=O) groups excluding carboxylic acids is 5. The van der Waals surface area contributed by atoms with Crippen molar-refractivity contribution in [2.75, 3.05) is 41.1 Å². The summed E-state index contributed by atoms with van der Waals surface area (Å²) < 4.78 is 41.9. The van der Waals surface area contributed by atoms with Crippen LogP contribution in [0.1, 0.15) is 126 Å². The maximum atomic E-state index is 14.6. The highest BCUT2D eigenvalue weighted by Gasteiger charge is 2.55. The minimum absolute atomic E-state index is 0.0326. The first kappa shape index (κ1) is 63.3. The molecule has 430 valence electrons. The molecule has 0 aromatic rings. The van der Waals surface area contributed by atoms with E-state index in [4.69, 9.17) is 33.2 Å². The number of Topliss-reactive ketones (excluding diaryl/α,β-unsaturated/α-hetero) is 3. The Hall–Kier alpha value is -3.57. The Morgan fingerprint density at radius 1 is 0.816 bits per heavy atom. The van der Waals surface area contributed by atoms with Crippen LogP contribution in [0.3, 0.4) is 0 Å². The van der Waals surface area contributed by atoms with Gasteiger partial charge in [0.1, 0.15) is 55.1 Å². The minimum atomic E-state index is -2.48. The van der Waals surface area contributed by atoms with Crippen LogP contribution in [0.25, 0.3) is 0 Å². The quantitative estimate of drug-likeness (QED) is 0.108. The third kappa shape index (κ3) is 15.4. The van der Waals surface area contributed by atoms with Crippen LogP contribution in [-0.2, 0) is 57.1 Å². The summed E-state index contributed by atoms with van der Waals surface area (Å²) in [7, 11) is 4.39. The van der Waals surface area contributed by atoms with Gasteiger partial charge < -0.3 is 68.7 Å². The van der Waals surface area contributed by atoms with Gasteiger partial charge in [0.05, 0.1) is 31.0 Å². The van der Waals surface area contributed by atoms with E-state index in [9.17, 15) is 54.6 Å². The molecule has 6 N–H and O–H groups in total. The molecule has 1 saturated carbocycles. The maximum Gasteiger partial charge on any atom is 0.329 e. The molecule has 1 aliphatic carbocycles. The lowest BCUT2D eigenvalue weighted by Crippen LogP contribution is -2.65. The molecule has 19 nitrogen and oxygen atoms in total. The second-order valence-corrected chi connectivity index (χ2v) is 22.5. The Morgan fingerprint density at radius 3 is 2.21 bits per heavy atom. The van der Waals surface area contributed by atoms with Crippen molar-refractivity contribution >= 4 is 29.2 Å². The number of methoxy groups -OCH3 is 3. The average Bonchev–Trinajstić information content (AvgIpc) is 3.40. The zero-order valence-electron chi connectivity index (χ0n) is 46.4. The number of cyclic esters (lactones) is 1. The number of nitrogens with zero attached hydrogens (tertiary/aromatic N) is 1. The first-order valence-electron chi connectivity index (χ1n) is 27.4. The summed E-state index contributed by atoms with van der Waals surface area (Å²) >= 11 is 0. The number of hydrogen-bond acceptors (Lipinski definition) is 18. The number of allylic oxidation sites excluding steroid dienone is 6. The topological polar surface area (TPSA) is 275 Å². The Balaban J connectivity index is 1.57. The van der Waals surface area contributed by atoms with Crippen molar-refractivity contribution in [3.05, 3.63) is 47.6 Å². The number of aliphatic hydroxyl groups excluding tert-OH is 5. The molecule has 0 spiro atoms. The molecule has 0 aromatic carbocycles. The van der Waals surface area contributed by atoms with Crippen LogP contribution < -0.4 is 0 Å². The molecule has 5 rings (SSSR count). The molecule has 76 heavy (non-hydrogen) atoms. The van der Waals surface area contributed by atoms with Gasteiger partial charge in [0.2, 0.25) is 11.6 Å². The van der Waals surface area contributed by atoms with Crippen LogP contribution in [0.15, 0.2) is 47.6 Å². The molecule has 5 aliphatic rings. The van der Waals surface area contributed by atoms with Gasteiger partial charge in [0, 0.05) is 58.5 Å². The number of esters is 1. The predicted molar refractivity (Wildman–Crippen MR) is 278 cm³/mol. The van der Waals surface area contributed by atoms with Gasteiger partial charge in [0.15, 0.2) is 5.78 Å². The van der Waals surface area contributed by atoms with Crippen molar-refractivity contribution in [3.8, 4) is 0 Å². The fourth-order valence-electron chi connectivity index (χ4n) is 11.6. The number of hydrogen-bond donors (Lipinski definition) is 6. The first-order valence-corrected chi connectivity index (χ1v) is 27.4. The highest BCUT2D eigenvalue weighted by molar-refractivity contribution is 6.39. The molecule has 3 unspecified atom stereocenters. The number of piperidine rings is 1. The Bertz CT molecular complexity index is 2090. The summed E-state index contributed by atoms with van der Waals surface area (Å²) in [6.07, 6.45) is 4.08. The Kier molecular flexibility index (Phi) is 23.8. The van der Waals surface area contributed by atoms with Crippen LogP contribution in [-0.4, -0.2) is 185 Å². The van der Waals surface area contributed by atoms with Crippen molar-refractivity contribution in [2.45, 2.75) is 204 Å². The molecule has 19 heteroatoms. The van der Waals surface area contributed by atoms with Crippen LogP contribution in [0, 0.1) is 35.5 Å². The predicted octanol–water partition coefficient (Wildman–Crippen LogP) is 4.01. The lowest BCUT2D eigenvalue weighted by Gasteiger charge is -2.46. The Labute approximate surface area is 449 Å². The molecular weight excluding hydrogens is 987 g/mol. The molecule has 19 atom stereocenters. The number of aliphatic hydroxyl groups is 6. The van der Waals surface area contributed by atoms with Gasteiger partial charge in [0.25, 0.3) is 11.7 Å². The van der Waals surface area contributed by atoms with Crippen LogP contribution in [0.5, 0.6) is 0 Å². The average molecular weight is 1080 g/mol. The molecule has 0 aromatic heterocycles. The van der Waals surface area contributed by atoms with E-state index in [1.807, 2.05) is 51.2 Å². The van der Waals surface area contributed by atoms with Crippen molar-refractivity contribution < 1.29 is 87.8 Å². The van der Waals surface area contributed by atoms with Gasteiger partial charge in [-0.15, -0.1) is 0 Å². The van der Waals surface area contributed by atoms with Crippen molar-refractivity contribution in [1.29, 1.82) is 0 Å². The smallest absolute Gasteiger partial charge is 0.329 e. The van der Waals surface area contributed by atoms with Crippen molar-refractivity contribution in [2.24, 2.45) is 35.5 Å². The summed E-state index contributed by atoms with van der Waals surface area (Å²) in [6, 6.07) is -1.22. The van der Waals surface area contributed by atoms with Crippen LogP contribution in [0.4, 0.5) is 0 Å². The summed E-state index contributed by atoms with van der Waals surface area (Å²) in [5, 5.41) is 65.7. The molecule has 4 aliphatic heterocycles. The lowest BCUT2D eigenvalue weighted by molar-refractivity contribution is -0.361. The number of carbonyl (C=O) groups is 5. The van der Waals surface area contributed by atoms with Gasteiger partial charge >= 0.3 is 5.97 Å². The standard InChI is InChI=1S/C57H89NO18/c1-32-16-12-11-13-17-33(2)45(70-8)28-40-21-19-38(7)57(69,75-40)53(66)54(67)58-23-15-14-18-41(58)55(68)74-46(35(4)26-39-20-22-42(60)47(27-39)71-9)29-43(61)34(3)25-37(6)50(51(72-10)48(63)36(5)24-32)76-56(31-59)52(65)49(64)44(62)30-73-56/h11-13,16-17,25,32,34-36,38-42,44-47,49-52,59-60,62,64-65,69H,14-15,18-24,26-31H2,1-10H3/b13-11+,16-12-,33-17+,37-25+/t32-,34-,35-,36-,38-,39?,40+,41?,42-,44-,45+,46+,47-,49+,50-,51+,52-,56?,57-/m1/s1. The lowest BCUT2D eigenvalue weighted by atomic mass is 9.78. The second-order valence-electron chi connectivity index (χ2n) is 22.5. The monoisotopic (exact) mass is 1080 g/mol. The molecule has 1 amide bonds. The normalized spacial score (nSPS) is 42.4. The number of amides is 1. The largest absolute Gasteiger partial charge is 0.460 e. The minimum Gasteiger partial charge on any atom is -0.460 e. The van der Waals surface area contributed by atoms with Gasteiger partial charge in [-0.1, -0.05) is 71.1 Å². The molecule has 4 heterocycles. The second kappa shape index (κ2) is 28.5. The van der Waals surface area contributed by atoms with E-state index in [0.717, 1.165) is 10.5 Å². The summed E-state index contributed by atoms with van der Waals surface area (Å²) in [4.78, 5) is 73.7.